The maximum absolute atomic E-state index is 13.4. The van der Waals surface area contributed by atoms with Gasteiger partial charge < -0.3 is 14.7 Å². The molecule has 8 nitrogen and oxygen atoms in total. The molecule has 1 fully saturated rings. The Morgan fingerprint density at radius 3 is 2.42 bits per heavy atom. The van der Waals surface area contributed by atoms with Crippen LogP contribution < -0.4 is 4.90 Å². The number of carbonyl (C=O) groups excluding carboxylic acids is 2. The summed E-state index contributed by atoms with van der Waals surface area (Å²) in [5.74, 6) is 0.325. The summed E-state index contributed by atoms with van der Waals surface area (Å²) >= 11 is 0. The number of hydrogen-bond acceptors (Lipinski definition) is 6. The molecule has 1 atom stereocenters. The van der Waals surface area contributed by atoms with Crippen LogP contribution >= 0.6 is 0 Å². The highest BCUT2D eigenvalue weighted by molar-refractivity contribution is 7.90. The molecule has 0 N–H and O–H groups in total. The summed E-state index contributed by atoms with van der Waals surface area (Å²) in [6.45, 7) is 2.59. The molecule has 3 heterocycles. The first-order chi connectivity index (χ1) is 14.8. The van der Waals surface area contributed by atoms with E-state index in [-0.39, 0.29) is 24.0 Å². The first-order valence-electron chi connectivity index (χ1n) is 10.3. The van der Waals surface area contributed by atoms with Crippen molar-refractivity contribution < 1.29 is 18.0 Å². The minimum absolute atomic E-state index is 0.0951. The van der Waals surface area contributed by atoms with Gasteiger partial charge in [-0.05, 0) is 30.2 Å². The highest BCUT2D eigenvalue weighted by atomic mass is 32.2. The van der Waals surface area contributed by atoms with Crippen LogP contribution in [0, 0.1) is 0 Å². The van der Waals surface area contributed by atoms with E-state index in [0.29, 0.717) is 38.3 Å². The number of hydrogen-bond donors (Lipinski definition) is 0. The van der Waals surface area contributed by atoms with Gasteiger partial charge in [0.05, 0.1) is 5.75 Å². The van der Waals surface area contributed by atoms with Gasteiger partial charge in [0.2, 0.25) is 5.91 Å². The summed E-state index contributed by atoms with van der Waals surface area (Å²) in [5, 5.41) is 0. The number of fused-ring (bicyclic) bond motifs is 1. The molecule has 1 saturated heterocycles. The minimum Gasteiger partial charge on any atom is -0.353 e. The van der Waals surface area contributed by atoms with Crippen LogP contribution in [0.3, 0.4) is 0 Å². The van der Waals surface area contributed by atoms with E-state index >= 15 is 0 Å². The van der Waals surface area contributed by atoms with Gasteiger partial charge in [0.25, 0.3) is 5.91 Å². The van der Waals surface area contributed by atoms with Crippen LogP contribution in [0.4, 0.5) is 5.82 Å². The van der Waals surface area contributed by atoms with E-state index in [2.05, 4.69) is 9.88 Å². The topological polar surface area (TPSA) is 90.9 Å². The number of carbonyl (C=O) groups is 2. The van der Waals surface area contributed by atoms with Crippen molar-refractivity contribution in [2.24, 2.45) is 0 Å². The van der Waals surface area contributed by atoms with Crippen molar-refractivity contribution >= 4 is 27.5 Å². The second kappa shape index (κ2) is 8.66. The average molecular weight is 443 g/mol. The molecule has 0 spiro atoms. The van der Waals surface area contributed by atoms with Gasteiger partial charge in [0, 0.05) is 50.7 Å². The highest BCUT2D eigenvalue weighted by Crippen LogP contribution is 2.27. The molecular formula is C22H26N4O4S. The number of pyridine rings is 1. The van der Waals surface area contributed by atoms with Crippen LogP contribution in [0.1, 0.15) is 22.3 Å². The standard InChI is InChI=1S/C22H26N4O4S/c1-31(29,30)15-9-19(26-16-17-6-2-3-7-18(17)21(26)27)22(28)25-13-11-24(12-14-25)20-8-4-5-10-23-20/h2-8,10,19H,9,11-16H2,1H3. The van der Waals surface area contributed by atoms with Crippen molar-refractivity contribution in [2.75, 3.05) is 43.1 Å². The zero-order valence-electron chi connectivity index (χ0n) is 17.5. The molecule has 164 valence electrons. The molecular weight excluding hydrogens is 416 g/mol. The molecule has 2 amide bonds. The molecule has 2 aliphatic rings. The van der Waals surface area contributed by atoms with Gasteiger partial charge >= 0.3 is 0 Å². The van der Waals surface area contributed by atoms with Crippen molar-refractivity contribution in [3.63, 3.8) is 0 Å². The third-order valence-electron chi connectivity index (χ3n) is 5.84. The Labute approximate surface area is 182 Å². The lowest BCUT2D eigenvalue weighted by Crippen LogP contribution is -2.55. The maximum atomic E-state index is 13.4. The summed E-state index contributed by atoms with van der Waals surface area (Å²) in [6, 6.07) is 12.2. The number of sulfone groups is 1. The van der Waals surface area contributed by atoms with Crippen LogP contribution in [0.25, 0.3) is 0 Å². The first kappa shape index (κ1) is 21.3. The van der Waals surface area contributed by atoms with Gasteiger partial charge in [-0.15, -0.1) is 0 Å². The number of amides is 2. The fourth-order valence-corrected chi connectivity index (χ4v) is 4.83. The molecule has 0 saturated carbocycles. The van der Waals surface area contributed by atoms with Gasteiger partial charge in [-0.2, -0.15) is 0 Å². The predicted molar refractivity (Wildman–Crippen MR) is 117 cm³/mol. The predicted octanol–water partition coefficient (Wildman–Crippen LogP) is 1.19. The minimum atomic E-state index is -3.27. The number of piperazine rings is 1. The lowest BCUT2D eigenvalue weighted by molar-refractivity contribution is -0.136. The van der Waals surface area contributed by atoms with Gasteiger partial charge in [-0.1, -0.05) is 24.3 Å². The third kappa shape index (κ3) is 4.71. The second-order valence-corrected chi connectivity index (χ2v) is 10.3. The summed E-state index contributed by atoms with van der Waals surface area (Å²) in [4.78, 5) is 36.2. The lowest BCUT2D eigenvalue weighted by atomic mass is 10.1. The van der Waals surface area contributed by atoms with E-state index in [4.69, 9.17) is 0 Å². The van der Waals surface area contributed by atoms with E-state index in [0.717, 1.165) is 17.6 Å². The first-order valence-corrected chi connectivity index (χ1v) is 12.4. The SMILES string of the molecule is CS(=O)(=O)CCC(C(=O)N1CCN(c2ccccn2)CC1)N1Cc2ccccc2C1=O. The molecule has 4 rings (SSSR count). The van der Waals surface area contributed by atoms with Crippen molar-refractivity contribution in [3.8, 4) is 0 Å². The summed E-state index contributed by atoms with van der Waals surface area (Å²) in [6.07, 6.45) is 2.99. The summed E-state index contributed by atoms with van der Waals surface area (Å²) in [7, 11) is -3.27. The Bertz CT molecular complexity index is 1070. The quantitative estimate of drug-likeness (QED) is 0.668. The average Bonchev–Trinajstić information content (AvgIpc) is 3.10. The molecule has 9 heteroatoms. The van der Waals surface area contributed by atoms with Crippen LogP contribution in [0.5, 0.6) is 0 Å². The number of benzene rings is 1. The van der Waals surface area contributed by atoms with E-state index in [1.165, 1.54) is 4.90 Å². The molecule has 1 aromatic heterocycles. The maximum Gasteiger partial charge on any atom is 0.255 e. The van der Waals surface area contributed by atoms with Crippen molar-refractivity contribution in [2.45, 2.75) is 19.0 Å². The Kier molecular flexibility index (Phi) is 5.95. The molecule has 0 aliphatic carbocycles. The van der Waals surface area contributed by atoms with Crippen LogP contribution in [0.15, 0.2) is 48.7 Å². The highest BCUT2D eigenvalue weighted by Gasteiger charge is 2.39. The van der Waals surface area contributed by atoms with E-state index < -0.39 is 15.9 Å². The van der Waals surface area contributed by atoms with Crippen LogP contribution in [-0.2, 0) is 21.2 Å². The third-order valence-corrected chi connectivity index (χ3v) is 6.81. The van der Waals surface area contributed by atoms with Gasteiger partial charge in [-0.25, -0.2) is 13.4 Å². The Morgan fingerprint density at radius 2 is 1.77 bits per heavy atom. The fraction of sp³-hybridized carbons (Fsp3) is 0.409. The van der Waals surface area contributed by atoms with Gasteiger partial charge in [0.1, 0.15) is 21.7 Å². The number of aromatic nitrogens is 1. The monoisotopic (exact) mass is 442 g/mol. The Balaban J connectivity index is 1.49. The van der Waals surface area contributed by atoms with Crippen LogP contribution in [0.2, 0.25) is 0 Å². The Morgan fingerprint density at radius 1 is 1.06 bits per heavy atom. The molecule has 1 unspecified atom stereocenters. The fourth-order valence-electron chi connectivity index (χ4n) is 4.17. The normalized spacial score (nSPS) is 17.6. The number of rotatable bonds is 6. The zero-order valence-corrected chi connectivity index (χ0v) is 18.3. The Hall–Kier alpha value is -2.94. The van der Waals surface area contributed by atoms with Crippen molar-refractivity contribution in [3.05, 3.63) is 59.8 Å². The molecule has 2 aromatic rings. The largest absolute Gasteiger partial charge is 0.353 e. The molecule has 1 aromatic carbocycles. The van der Waals surface area contributed by atoms with Gasteiger partial charge in [0.15, 0.2) is 0 Å². The number of anilines is 1. The number of nitrogens with zero attached hydrogens (tertiary/aromatic N) is 4. The molecule has 0 radical (unpaired) electrons. The molecule has 2 aliphatic heterocycles. The second-order valence-electron chi connectivity index (χ2n) is 8.02. The molecule has 0 bridgehead atoms. The van der Waals surface area contributed by atoms with Crippen LogP contribution in [-0.4, -0.2) is 79.2 Å². The zero-order chi connectivity index (χ0) is 22.0. The van der Waals surface area contributed by atoms with Crippen molar-refractivity contribution in [1.82, 2.24) is 14.8 Å². The smallest absolute Gasteiger partial charge is 0.255 e. The summed E-state index contributed by atoms with van der Waals surface area (Å²) in [5.41, 5.74) is 1.45. The van der Waals surface area contributed by atoms with E-state index in [9.17, 15) is 18.0 Å². The van der Waals surface area contributed by atoms with Gasteiger partial charge in [-0.3, -0.25) is 9.59 Å². The molecule has 31 heavy (non-hydrogen) atoms. The summed E-state index contributed by atoms with van der Waals surface area (Å²) < 4.78 is 23.6. The van der Waals surface area contributed by atoms with Crippen molar-refractivity contribution in [1.29, 1.82) is 0 Å². The lowest BCUT2D eigenvalue weighted by Gasteiger charge is -2.38. The van der Waals surface area contributed by atoms with E-state index in [1.807, 2.05) is 30.3 Å². The van der Waals surface area contributed by atoms with E-state index in [1.54, 1.807) is 23.2 Å².